The number of likely N-dealkylation sites (N-methyl/N-ethyl adjacent to an activating group) is 1. The van der Waals surface area contributed by atoms with Gasteiger partial charge in [-0.3, -0.25) is 0 Å². The molecule has 0 spiro atoms. The van der Waals surface area contributed by atoms with Gasteiger partial charge in [-0.25, -0.2) is 0 Å². The van der Waals surface area contributed by atoms with E-state index in [1.165, 1.54) is 4.80 Å². The van der Waals surface area contributed by atoms with Gasteiger partial charge in [-0.15, -0.1) is 10.2 Å². The Hall–Kier alpha value is -1.05. The largest absolute Gasteiger partial charge is 0.350 e. The highest BCUT2D eigenvalue weighted by molar-refractivity contribution is 4.84. The van der Waals surface area contributed by atoms with Crippen LogP contribution >= 0.6 is 0 Å². The molecule has 0 bridgehead atoms. The van der Waals surface area contributed by atoms with Crippen LogP contribution in [-0.2, 0) is 22.9 Å². The molecule has 1 fully saturated rings. The molecule has 7 heteroatoms. The Morgan fingerprint density at radius 1 is 1.50 bits per heavy atom. The second-order valence-corrected chi connectivity index (χ2v) is 3.79. The van der Waals surface area contributed by atoms with E-state index >= 15 is 0 Å². The molecule has 1 aliphatic rings. The van der Waals surface area contributed by atoms with Gasteiger partial charge >= 0.3 is 0 Å². The van der Waals surface area contributed by atoms with Crippen molar-refractivity contribution < 1.29 is 9.47 Å². The van der Waals surface area contributed by atoms with E-state index in [1.54, 1.807) is 7.05 Å². The lowest BCUT2D eigenvalue weighted by Crippen LogP contribution is -2.32. The molecule has 0 aromatic carbocycles. The Morgan fingerprint density at radius 3 is 2.81 bits per heavy atom. The zero-order valence-corrected chi connectivity index (χ0v) is 9.59. The topological polar surface area (TPSA) is 74.1 Å². The molecule has 1 unspecified atom stereocenters. The van der Waals surface area contributed by atoms with Crippen LogP contribution in [-0.4, -0.2) is 52.8 Å². The second-order valence-electron chi connectivity index (χ2n) is 3.79. The highest BCUT2D eigenvalue weighted by Gasteiger charge is 2.21. The number of hydrogen-bond donors (Lipinski definition) is 1. The van der Waals surface area contributed by atoms with Gasteiger partial charge in [-0.05, 0) is 12.3 Å². The van der Waals surface area contributed by atoms with E-state index in [-0.39, 0.29) is 12.3 Å². The predicted molar refractivity (Wildman–Crippen MR) is 55.7 cm³/mol. The van der Waals surface area contributed by atoms with Crippen molar-refractivity contribution in [2.24, 2.45) is 7.05 Å². The number of aryl methyl sites for hydroxylation is 1. The van der Waals surface area contributed by atoms with Crippen LogP contribution < -0.4 is 5.32 Å². The van der Waals surface area contributed by atoms with Crippen LogP contribution in [0.1, 0.15) is 12.2 Å². The Morgan fingerprint density at radius 2 is 2.25 bits per heavy atom. The molecule has 2 heterocycles. The number of aromatic nitrogens is 4. The first-order valence-electron chi connectivity index (χ1n) is 5.41. The van der Waals surface area contributed by atoms with Gasteiger partial charge in [-0.2, -0.15) is 4.80 Å². The summed E-state index contributed by atoms with van der Waals surface area (Å²) in [5.41, 5.74) is 0. The van der Waals surface area contributed by atoms with E-state index in [0.29, 0.717) is 13.2 Å². The quantitative estimate of drug-likeness (QED) is 0.703. The molecule has 0 saturated carbocycles. The summed E-state index contributed by atoms with van der Waals surface area (Å²) in [5, 5.41) is 15.1. The van der Waals surface area contributed by atoms with Crippen LogP contribution in [0.15, 0.2) is 0 Å². The molecule has 1 atom stereocenters. The van der Waals surface area contributed by atoms with Crippen LogP contribution in [0.3, 0.4) is 0 Å². The van der Waals surface area contributed by atoms with Crippen molar-refractivity contribution in [3.05, 3.63) is 5.82 Å². The van der Waals surface area contributed by atoms with Crippen molar-refractivity contribution in [3.8, 4) is 0 Å². The zero-order valence-electron chi connectivity index (χ0n) is 9.59. The molecule has 2 rings (SSSR count). The normalized spacial score (nSPS) is 19.1. The zero-order chi connectivity index (χ0) is 11.4. The van der Waals surface area contributed by atoms with Crippen molar-refractivity contribution >= 4 is 0 Å². The van der Waals surface area contributed by atoms with Gasteiger partial charge in [0.15, 0.2) is 12.1 Å². The van der Waals surface area contributed by atoms with Crippen LogP contribution in [0.2, 0.25) is 0 Å². The van der Waals surface area contributed by atoms with Crippen LogP contribution in [0.4, 0.5) is 0 Å². The van der Waals surface area contributed by atoms with Gasteiger partial charge in [0.05, 0.1) is 20.3 Å². The van der Waals surface area contributed by atoms with E-state index in [1.807, 2.05) is 7.05 Å². The maximum Gasteiger partial charge on any atom is 0.176 e. The molecule has 1 N–H and O–H groups in total. The Labute approximate surface area is 94.1 Å². The third-order valence-corrected chi connectivity index (χ3v) is 2.55. The van der Waals surface area contributed by atoms with E-state index in [4.69, 9.17) is 9.47 Å². The smallest absolute Gasteiger partial charge is 0.176 e. The standard InChI is InChI=1S/C9H17N5O2/c1-10-7(6-9-15-3-4-16-9)5-8-11-13-14(2)12-8/h7,9-10H,3-6H2,1-2H3. The van der Waals surface area contributed by atoms with Crippen LogP contribution in [0, 0.1) is 0 Å². The molecular weight excluding hydrogens is 210 g/mol. The highest BCUT2D eigenvalue weighted by atomic mass is 16.7. The van der Waals surface area contributed by atoms with Gasteiger partial charge in [-0.1, -0.05) is 0 Å². The van der Waals surface area contributed by atoms with Crippen molar-refractivity contribution in [2.45, 2.75) is 25.2 Å². The summed E-state index contributed by atoms with van der Waals surface area (Å²) in [6, 6.07) is 0.243. The predicted octanol–water partition coefficient (Wildman–Crippen LogP) is -0.896. The maximum absolute atomic E-state index is 5.40. The molecule has 1 saturated heterocycles. The summed E-state index contributed by atoms with van der Waals surface area (Å²) in [6.45, 7) is 1.37. The average Bonchev–Trinajstić information content (AvgIpc) is 2.89. The first kappa shape index (κ1) is 11.4. The molecule has 90 valence electrons. The van der Waals surface area contributed by atoms with Gasteiger partial charge in [0.25, 0.3) is 0 Å². The lowest BCUT2D eigenvalue weighted by Gasteiger charge is -2.17. The molecule has 16 heavy (non-hydrogen) atoms. The minimum Gasteiger partial charge on any atom is -0.350 e. The molecule has 7 nitrogen and oxygen atoms in total. The van der Waals surface area contributed by atoms with Crippen LogP contribution in [0.25, 0.3) is 0 Å². The van der Waals surface area contributed by atoms with E-state index in [0.717, 1.165) is 18.7 Å². The minimum absolute atomic E-state index is 0.103. The third kappa shape index (κ3) is 2.97. The fourth-order valence-electron chi connectivity index (χ4n) is 1.70. The average molecular weight is 227 g/mol. The highest BCUT2D eigenvalue weighted by Crippen LogP contribution is 2.12. The first-order chi connectivity index (χ1) is 7.78. The number of nitrogens with one attached hydrogen (secondary N) is 1. The summed E-state index contributed by atoms with van der Waals surface area (Å²) in [5.74, 6) is 0.736. The molecule has 1 aliphatic heterocycles. The van der Waals surface area contributed by atoms with E-state index < -0.39 is 0 Å². The lowest BCUT2D eigenvalue weighted by atomic mass is 10.1. The Bertz CT molecular complexity index is 323. The Balaban J connectivity index is 1.84. The minimum atomic E-state index is -0.103. The number of nitrogens with zero attached hydrogens (tertiary/aromatic N) is 4. The molecular formula is C9H17N5O2. The second kappa shape index (κ2) is 5.33. The first-order valence-corrected chi connectivity index (χ1v) is 5.41. The summed E-state index contributed by atoms with van der Waals surface area (Å²) in [6.07, 6.45) is 1.43. The fraction of sp³-hybridized carbons (Fsp3) is 0.889. The van der Waals surface area contributed by atoms with Crippen molar-refractivity contribution in [1.82, 2.24) is 25.5 Å². The molecule has 1 aromatic heterocycles. The Kier molecular flexibility index (Phi) is 3.81. The lowest BCUT2D eigenvalue weighted by molar-refractivity contribution is -0.0523. The molecule has 1 aromatic rings. The van der Waals surface area contributed by atoms with Crippen molar-refractivity contribution in [2.75, 3.05) is 20.3 Å². The molecule has 0 aliphatic carbocycles. The van der Waals surface area contributed by atoms with E-state index in [2.05, 4.69) is 20.7 Å². The summed E-state index contributed by atoms with van der Waals surface area (Å²) in [4.78, 5) is 1.46. The van der Waals surface area contributed by atoms with Gasteiger partial charge in [0, 0.05) is 18.9 Å². The number of ether oxygens (including phenoxy) is 2. The van der Waals surface area contributed by atoms with Crippen molar-refractivity contribution in [1.29, 1.82) is 0 Å². The van der Waals surface area contributed by atoms with Crippen molar-refractivity contribution in [3.63, 3.8) is 0 Å². The third-order valence-electron chi connectivity index (χ3n) is 2.55. The number of rotatable bonds is 5. The molecule has 0 radical (unpaired) electrons. The van der Waals surface area contributed by atoms with Gasteiger partial charge < -0.3 is 14.8 Å². The summed E-state index contributed by atoms with van der Waals surface area (Å²) >= 11 is 0. The monoisotopic (exact) mass is 227 g/mol. The maximum atomic E-state index is 5.40. The van der Waals surface area contributed by atoms with Crippen LogP contribution in [0.5, 0.6) is 0 Å². The molecule has 0 amide bonds. The van der Waals surface area contributed by atoms with Gasteiger partial charge in [0.2, 0.25) is 0 Å². The summed E-state index contributed by atoms with van der Waals surface area (Å²) in [7, 11) is 3.67. The SMILES string of the molecule is CNC(Cc1nnn(C)n1)CC1OCCO1. The number of tetrazole rings is 1. The van der Waals surface area contributed by atoms with Gasteiger partial charge in [0.1, 0.15) is 0 Å². The number of hydrogen-bond acceptors (Lipinski definition) is 6. The van der Waals surface area contributed by atoms with E-state index in [9.17, 15) is 0 Å². The summed E-state index contributed by atoms with van der Waals surface area (Å²) < 4.78 is 10.8. The fourth-order valence-corrected chi connectivity index (χ4v) is 1.70.